The van der Waals surface area contributed by atoms with Crippen molar-refractivity contribution in [2.24, 2.45) is 0 Å². The van der Waals surface area contributed by atoms with E-state index in [-0.39, 0.29) is 17.3 Å². The maximum absolute atomic E-state index is 12.1. The van der Waals surface area contributed by atoms with Gasteiger partial charge in [0.1, 0.15) is 11.6 Å². The molecule has 0 unspecified atom stereocenters. The maximum atomic E-state index is 12.1. The number of H-pyrrole nitrogens is 1. The molecule has 2 aromatic rings. The number of carbonyl (C=O) groups excluding carboxylic acids is 1. The van der Waals surface area contributed by atoms with Gasteiger partial charge in [-0.25, -0.2) is 0 Å². The average Bonchev–Trinajstić information content (AvgIpc) is 3.35. The van der Waals surface area contributed by atoms with Crippen molar-refractivity contribution in [1.82, 2.24) is 25.5 Å². The highest BCUT2D eigenvalue weighted by Gasteiger charge is 2.17. The van der Waals surface area contributed by atoms with Crippen LogP contribution in [0, 0.1) is 11.3 Å². The van der Waals surface area contributed by atoms with Crippen LogP contribution in [-0.2, 0) is 11.2 Å². The van der Waals surface area contributed by atoms with Gasteiger partial charge in [-0.2, -0.15) is 10.5 Å². The number of aryl methyl sites for hydroxylation is 1. The molecule has 0 aliphatic carbocycles. The van der Waals surface area contributed by atoms with Gasteiger partial charge in [0.25, 0.3) is 0 Å². The summed E-state index contributed by atoms with van der Waals surface area (Å²) in [7, 11) is 0. The molecule has 0 saturated carbocycles. The third-order valence-corrected chi connectivity index (χ3v) is 4.13. The summed E-state index contributed by atoms with van der Waals surface area (Å²) in [4.78, 5) is 14.0. The Morgan fingerprint density at radius 3 is 2.72 bits per heavy atom. The first kappa shape index (κ1) is 16.6. The molecule has 1 amide bonds. The van der Waals surface area contributed by atoms with Gasteiger partial charge in [0.2, 0.25) is 11.7 Å². The number of benzene rings is 1. The topological polar surface area (TPSA) is 111 Å². The Bertz CT molecular complexity index is 768. The minimum absolute atomic E-state index is 0.237. The number of aromatic nitrogens is 4. The third kappa shape index (κ3) is 4.41. The molecule has 1 aliphatic heterocycles. The number of aromatic amines is 1. The van der Waals surface area contributed by atoms with Crippen molar-refractivity contribution in [3.05, 3.63) is 41.9 Å². The lowest BCUT2D eigenvalue weighted by Crippen LogP contribution is -2.27. The first-order valence-corrected chi connectivity index (χ1v) is 8.23. The molecule has 1 aliphatic rings. The molecule has 1 aromatic carbocycles. The van der Waals surface area contributed by atoms with Crippen molar-refractivity contribution >= 4 is 17.2 Å². The summed E-state index contributed by atoms with van der Waals surface area (Å²) in [6.45, 7) is 1.80. The van der Waals surface area contributed by atoms with Crippen LogP contribution in [-0.4, -0.2) is 44.5 Å². The van der Waals surface area contributed by atoms with E-state index < -0.39 is 0 Å². The Kier molecular flexibility index (Phi) is 5.36. The van der Waals surface area contributed by atoms with E-state index in [1.165, 1.54) is 6.20 Å². The fraction of sp³-hybridized carbons (Fsp3) is 0.353. The van der Waals surface area contributed by atoms with E-state index in [9.17, 15) is 4.79 Å². The number of likely N-dealkylation sites (tertiary alicyclic amines) is 1. The van der Waals surface area contributed by atoms with Crippen LogP contribution in [0.1, 0.15) is 30.7 Å². The number of rotatable bonds is 6. The van der Waals surface area contributed by atoms with E-state index in [0.717, 1.165) is 43.6 Å². The molecule has 0 bridgehead atoms. The molecular formula is C17H19N7O. The van der Waals surface area contributed by atoms with Crippen molar-refractivity contribution < 1.29 is 4.79 Å². The van der Waals surface area contributed by atoms with Crippen LogP contribution in [0.3, 0.4) is 0 Å². The van der Waals surface area contributed by atoms with E-state index in [1.54, 1.807) is 0 Å². The molecule has 2 N–H and O–H groups in total. The van der Waals surface area contributed by atoms with Gasteiger partial charge >= 0.3 is 0 Å². The maximum Gasteiger partial charge on any atom is 0.222 e. The molecule has 25 heavy (non-hydrogen) atoms. The summed E-state index contributed by atoms with van der Waals surface area (Å²) in [6, 6.07) is 9.81. The smallest absolute Gasteiger partial charge is 0.222 e. The normalized spacial score (nSPS) is 14.4. The Morgan fingerprint density at radius 2 is 2.08 bits per heavy atom. The Morgan fingerprint density at radius 1 is 1.32 bits per heavy atom. The standard InChI is InChI=1S/C17H19N7O/c18-11-14(17-20-22-23-21-17)12-19-15-6-3-13(4-7-15)5-8-16(25)24-9-1-2-10-24/h3-4,6-7,12,19H,1-2,5,8-10H2,(H,20,21,22,23). The number of hydrogen-bond acceptors (Lipinski definition) is 6. The lowest BCUT2D eigenvalue weighted by Gasteiger charge is -2.14. The lowest BCUT2D eigenvalue weighted by atomic mass is 10.1. The number of amides is 1. The molecule has 1 fully saturated rings. The number of nitriles is 1. The monoisotopic (exact) mass is 337 g/mol. The second-order valence-corrected chi connectivity index (χ2v) is 5.83. The highest BCUT2D eigenvalue weighted by Crippen LogP contribution is 2.15. The van der Waals surface area contributed by atoms with Crippen molar-refractivity contribution in [1.29, 1.82) is 5.26 Å². The zero-order chi connectivity index (χ0) is 17.5. The second kappa shape index (κ2) is 8.06. The van der Waals surface area contributed by atoms with Crippen LogP contribution in [0.4, 0.5) is 5.69 Å². The first-order valence-electron chi connectivity index (χ1n) is 8.23. The molecule has 1 aromatic heterocycles. The van der Waals surface area contributed by atoms with Crippen LogP contribution in [0.15, 0.2) is 30.5 Å². The molecule has 8 heteroatoms. The van der Waals surface area contributed by atoms with Crippen LogP contribution in [0.25, 0.3) is 5.57 Å². The second-order valence-electron chi connectivity index (χ2n) is 5.83. The van der Waals surface area contributed by atoms with E-state index in [4.69, 9.17) is 5.26 Å². The van der Waals surface area contributed by atoms with E-state index in [2.05, 4.69) is 25.9 Å². The highest BCUT2D eigenvalue weighted by atomic mass is 16.2. The van der Waals surface area contributed by atoms with E-state index in [1.807, 2.05) is 35.2 Å². The summed E-state index contributed by atoms with van der Waals surface area (Å²) in [5.41, 5.74) is 2.24. The average molecular weight is 337 g/mol. The summed E-state index contributed by atoms with van der Waals surface area (Å²) < 4.78 is 0. The van der Waals surface area contributed by atoms with Gasteiger partial charge in [-0.1, -0.05) is 12.1 Å². The number of carbonyl (C=O) groups is 1. The number of hydrogen-bond donors (Lipinski definition) is 2. The molecule has 8 nitrogen and oxygen atoms in total. The fourth-order valence-electron chi connectivity index (χ4n) is 2.72. The van der Waals surface area contributed by atoms with Crippen LogP contribution >= 0.6 is 0 Å². The Balaban J connectivity index is 1.53. The van der Waals surface area contributed by atoms with Gasteiger partial charge < -0.3 is 10.2 Å². The van der Waals surface area contributed by atoms with E-state index in [0.29, 0.717) is 6.42 Å². The molecule has 0 atom stereocenters. The summed E-state index contributed by atoms with van der Waals surface area (Å²) in [5, 5.41) is 25.4. The van der Waals surface area contributed by atoms with Crippen molar-refractivity contribution in [3.63, 3.8) is 0 Å². The summed E-state index contributed by atoms with van der Waals surface area (Å²) >= 11 is 0. The quantitative estimate of drug-likeness (QED) is 0.777. The minimum Gasteiger partial charge on any atom is -0.360 e. The molecule has 128 valence electrons. The Hall–Kier alpha value is -3.21. The molecule has 0 radical (unpaired) electrons. The van der Waals surface area contributed by atoms with Gasteiger partial charge in [0, 0.05) is 31.4 Å². The Labute approximate surface area is 145 Å². The van der Waals surface area contributed by atoms with Crippen molar-refractivity contribution in [2.75, 3.05) is 18.4 Å². The van der Waals surface area contributed by atoms with Gasteiger partial charge in [0.15, 0.2) is 0 Å². The minimum atomic E-state index is 0.237. The predicted octanol–water partition coefficient (Wildman–Crippen LogP) is 1.73. The largest absolute Gasteiger partial charge is 0.360 e. The summed E-state index contributed by atoms with van der Waals surface area (Å²) in [6.07, 6.45) is 5.06. The van der Waals surface area contributed by atoms with Crippen LogP contribution < -0.4 is 5.32 Å². The molecule has 2 heterocycles. The number of allylic oxidation sites excluding steroid dienone is 1. The SMILES string of the molecule is N#CC(=CNc1ccc(CCC(=O)N2CCCC2)cc1)c1nn[nH]n1. The van der Waals surface area contributed by atoms with E-state index >= 15 is 0 Å². The number of tetrazole rings is 1. The highest BCUT2D eigenvalue weighted by molar-refractivity contribution is 5.76. The van der Waals surface area contributed by atoms with Crippen LogP contribution in [0.5, 0.6) is 0 Å². The van der Waals surface area contributed by atoms with Gasteiger partial charge in [0.05, 0.1) is 0 Å². The van der Waals surface area contributed by atoms with Crippen LogP contribution in [0.2, 0.25) is 0 Å². The van der Waals surface area contributed by atoms with Gasteiger partial charge in [-0.05, 0) is 42.2 Å². The number of nitrogens with zero attached hydrogens (tertiary/aromatic N) is 5. The number of anilines is 1. The molecular weight excluding hydrogens is 318 g/mol. The lowest BCUT2D eigenvalue weighted by molar-refractivity contribution is -0.130. The molecule has 0 spiro atoms. The zero-order valence-corrected chi connectivity index (χ0v) is 13.8. The fourth-order valence-corrected chi connectivity index (χ4v) is 2.72. The van der Waals surface area contributed by atoms with Gasteiger partial charge in [-0.3, -0.25) is 4.79 Å². The van der Waals surface area contributed by atoms with Gasteiger partial charge in [-0.15, -0.1) is 10.2 Å². The zero-order valence-electron chi connectivity index (χ0n) is 13.8. The molecule has 1 saturated heterocycles. The summed E-state index contributed by atoms with van der Waals surface area (Å²) in [5.74, 6) is 0.480. The van der Waals surface area contributed by atoms with Crippen molar-refractivity contribution in [2.45, 2.75) is 25.7 Å². The first-order chi connectivity index (χ1) is 12.3. The number of nitrogens with one attached hydrogen (secondary N) is 2. The third-order valence-electron chi connectivity index (χ3n) is 4.13. The predicted molar refractivity (Wildman–Crippen MR) is 92.0 cm³/mol. The molecule has 3 rings (SSSR count). The van der Waals surface area contributed by atoms with Crippen molar-refractivity contribution in [3.8, 4) is 6.07 Å².